The van der Waals surface area contributed by atoms with E-state index in [0.29, 0.717) is 0 Å². The Kier molecular flexibility index (Phi) is 8.76. The SMILES string of the molecule is Cc1nccc2nc(-c3[c-]ccc4c3oc3cc(-c5ccccc5)ccc34)n(-c3ccccc3)c12.[Ir].[c-]1ccccc1-c1ccccn1. The summed E-state index contributed by atoms with van der Waals surface area (Å²) in [6, 6.07) is 53.2. The smallest absolute Gasteiger partial charge is 0.121 e. The number of pyridine rings is 2. The summed E-state index contributed by atoms with van der Waals surface area (Å²) in [6.07, 6.45) is 3.59. The summed E-state index contributed by atoms with van der Waals surface area (Å²) < 4.78 is 8.68. The van der Waals surface area contributed by atoms with Crippen molar-refractivity contribution in [1.29, 1.82) is 0 Å². The number of aryl methyl sites for hydroxylation is 1. The van der Waals surface area contributed by atoms with E-state index in [0.717, 1.165) is 78.1 Å². The van der Waals surface area contributed by atoms with E-state index in [9.17, 15) is 0 Å². The number of rotatable bonds is 4. The largest absolute Gasteiger partial charge is 0.501 e. The van der Waals surface area contributed by atoms with Gasteiger partial charge in [-0.1, -0.05) is 83.7 Å². The molecule has 48 heavy (non-hydrogen) atoms. The van der Waals surface area contributed by atoms with Crippen LogP contribution < -0.4 is 0 Å². The summed E-state index contributed by atoms with van der Waals surface area (Å²) in [5.74, 6) is 0.787. The molecule has 0 atom stereocenters. The fraction of sp³-hybridized carbons (Fsp3) is 0.0238. The fourth-order valence-electron chi connectivity index (χ4n) is 5.97. The van der Waals surface area contributed by atoms with Crippen molar-refractivity contribution in [2.24, 2.45) is 0 Å². The standard InChI is InChI=1S/C31H20N3O.C11H8N.Ir/c1-20-29-27(17-18-32-20)33-31(34(29)23-11-6-3-7-12-23)26-14-8-13-25-24-16-15-22(19-28(24)35-30(25)26)21-9-4-2-5-10-21;1-2-6-10(7-3-1)11-8-4-5-9-12-11;/h2-13,15-19H,1H3;1-6,8-9H;/q2*-1;. The Morgan fingerprint density at radius 3 is 2.21 bits per heavy atom. The van der Waals surface area contributed by atoms with Gasteiger partial charge in [0.05, 0.1) is 28.1 Å². The van der Waals surface area contributed by atoms with E-state index in [1.807, 2.05) is 85.8 Å². The van der Waals surface area contributed by atoms with E-state index < -0.39 is 0 Å². The quantitative estimate of drug-likeness (QED) is 0.167. The van der Waals surface area contributed by atoms with E-state index in [1.165, 1.54) is 0 Å². The molecule has 5 aromatic carbocycles. The zero-order chi connectivity index (χ0) is 31.6. The molecule has 0 aliphatic rings. The van der Waals surface area contributed by atoms with Crippen LogP contribution in [0.1, 0.15) is 5.69 Å². The average Bonchev–Trinajstić information content (AvgIpc) is 3.73. The maximum Gasteiger partial charge on any atom is 0.121 e. The summed E-state index contributed by atoms with van der Waals surface area (Å²) >= 11 is 0. The van der Waals surface area contributed by atoms with Crippen LogP contribution in [0, 0.1) is 19.1 Å². The molecule has 0 saturated carbocycles. The Hall–Kier alpha value is -5.68. The van der Waals surface area contributed by atoms with Crippen LogP contribution in [0.2, 0.25) is 0 Å². The van der Waals surface area contributed by atoms with Crippen molar-refractivity contribution >= 4 is 33.0 Å². The van der Waals surface area contributed by atoms with Crippen molar-refractivity contribution in [3.63, 3.8) is 0 Å². The number of imidazole rings is 1. The molecule has 233 valence electrons. The Morgan fingerprint density at radius 2 is 1.44 bits per heavy atom. The van der Waals surface area contributed by atoms with Crippen LogP contribution in [0.3, 0.4) is 0 Å². The van der Waals surface area contributed by atoms with E-state index >= 15 is 0 Å². The number of fused-ring (bicyclic) bond motifs is 4. The van der Waals surface area contributed by atoms with E-state index in [-0.39, 0.29) is 20.1 Å². The van der Waals surface area contributed by atoms with E-state index in [1.54, 1.807) is 12.4 Å². The molecule has 0 spiro atoms. The predicted molar refractivity (Wildman–Crippen MR) is 189 cm³/mol. The summed E-state index contributed by atoms with van der Waals surface area (Å²) in [7, 11) is 0. The molecule has 6 heteroatoms. The van der Waals surface area contributed by atoms with Gasteiger partial charge >= 0.3 is 0 Å². The first-order valence-electron chi connectivity index (χ1n) is 15.4. The van der Waals surface area contributed by atoms with Gasteiger partial charge in [0.15, 0.2) is 0 Å². The molecule has 4 heterocycles. The summed E-state index contributed by atoms with van der Waals surface area (Å²) in [6.45, 7) is 2.02. The Balaban J connectivity index is 0.000000237. The maximum absolute atomic E-state index is 6.52. The number of furan rings is 1. The molecule has 0 amide bonds. The Morgan fingerprint density at radius 1 is 0.646 bits per heavy atom. The molecule has 0 bridgehead atoms. The molecule has 0 saturated heterocycles. The molecule has 9 aromatic rings. The van der Waals surface area contributed by atoms with Crippen molar-refractivity contribution < 1.29 is 24.5 Å². The molecule has 0 aliphatic heterocycles. The van der Waals surface area contributed by atoms with Crippen molar-refractivity contribution in [3.8, 4) is 39.5 Å². The van der Waals surface area contributed by atoms with Gasteiger partial charge in [-0.15, -0.1) is 54.1 Å². The van der Waals surface area contributed by atoms with Gasteiger partial charge in [0.2, 0.25) is 0 Å². The minimum atomic E-state index is 0. The number of hydrogen-bond donors (Lipinski definition) is 0. The van der Waals surface area contributed by atoms with Gasteiger partial charge < -0.3 is 14.0 Å². The zero-order valence-corrected chi connectivity index (χ0v) is 28.4. The number of para-hydroxylation sites is 1. The number of benzene rings is 5. The van der Waals surface area contributed by atoms with Crippen LogP contribution in [0.5, 0.6) is 0 Å². The first kappa shape index (κ1) is 30.9. The van der Waals surface area contributed by atoms with Crippen LogP contribution in [-0.4, -0.2) is 19.5 Å². The van der Waals surface area contributed by atoms with Crippen LogP contribution >= 0.6 is 0 Å². The second-order valence-corrected chi connectivity index (χ2v) is 11.1. The van der Waals surface area contributed by atoms with Crippen LogP contribution in [0.15, 0.2) is 156 Å². The van der Waals surface area contributed by atoms with Crippen LogP contribution in [0.4, 0.5) is 0 Å². The van der Waals surface area contributed by atoms with Gasteiger partial charge in [-0.05, 0) is 54.1 Å². The van der Waals surface area contributed by atoms with Gasteiger partial charge in [-0.3, -0.25) is 9.97 Å². The fourth-order valence-corrected chi connectivity index (χ4v) is 5.97. The van der Waals surface area contributed by atoms with E-state index in [4.69, 9.17) is 9.40 Å². The Labute approximate surface area is 291 Å². The van der Waals surface area contributed by atoms with Crippen LogP contribution in [-0.2, 0) is 20.1 Å². The average molecular weight is 797 g/mol. The molecule has 0 unspecified atom stereocenters. The molecule has 4 aromatic heterocycles. The first-order valence-corrected chi connectivity index (χ1v) is 15.4. The maximum atomic E-state index is 6.52. The summed E-state index contributed by atoms with van der Waals surface area (Å²) in [5.41, 5.74) is 10.6. The van der Waals surface area contributed by atoms with Gasteiger partial charge in [0.25, 0.3) is 0 Å². The summed E-state index contributed by atoms with van der Waals surface area (Å²) in [4.78, 5) is 13.8. The van der Waals surface area contributed by atoms with Crippen molar-refractivity contribution in [2.75, 3.05) is 0 Å². The van der Waals surface area contributed by atoms with Crippen molar-refractivity contribution in [1.82, 2.24) is 19.5 Å². The van der Waals surface area contributed by atoms with Crippen molar-refractivity contribution in [3.05, 3.63) is 170 Å². The summed E-state index contributed by atoms with van der Waals surface area (Å²) in [5, 5.41) is 2.13. The van der Waals surface area contributed by atoms with Gasteiger partial charge in [0, 0.05) is 43.6 Å². The third-order valence-electron chi connectivity index (χ3n) is 8.18. The molecular weight excluding hydrogens is 769 g/mol. The number of hydrogen-bond acceptors (Lipinski definition) is 4. The molecule has 5 nitrogen and oxygen atoms in total. The minimum Gasteiger partial charge on any atom is -0.501 e. The molecular formula is C42H28IrN4O-2. The van der Waals surface area contributed by atoms with Gasteiger partial charge in [0.1, 0.15) is 5.58 Å². The normalized spacial score (nSPS) is 10.9. The zero-order valence-electron chi connectivity index (χ0n) is 26.0. The second-order valence-electron chi connectivity index (χ2n) is 11.1. The molecule has 0 N–H and O–H groups in total. The molecule has 0 fully saturated rings. The molecule has 1 radical (unpaired) electrons. The van der Waals surface area contributed by atoms with Gasteiger partial charge in [-0.2, -0.15) is 0 Å². The molecule has 0 aliphatic carbocycles. The Bertz CT molecular complexity index is 2420. The number of aromatic nitrogens is 4. The third kappa shape index (κ3) is 5.84. The number of nitrogens with zero attached hydrogens (tertiary/aromatic N) is 4. The minimum absolute atomic E-state index is 0. The predicted octanol–water partition coefficient (Wildman–Crippen LogP) is 10.3. The second kappa shape index (κ2) is 13.6. The van der Waals surface area contributed by atoms with E-state index in [2.05, 4.69) is 87.3 Å². The molecule has 9 rings (SSSR count). The third-order valence-corrected chi connectivity index (χ3v) is 8.18. The monoisotopic (exact) mass is 797 g/mol. The van der Waals surface area contributed by atoms with Crippen molar-refractivity contribution in [2.45, 2.75) is 6.92 Å². The topological polar surface area (TPSA) is 56.7 Å². The van der Waals surface area contributed by atoms with Crippen LogP contribution in [0.25, 0.3) is 72.4 Å². The van der Waals surface area contributed by atoms with Gasteiger partial charge in [-0.25, -0.2) is 0 Å². The first-order chi connectivity index (χ1) is 23.2.